The molecule has 0 aromatic heterocycles. The van der Waals surface area contributed by atoms with Gasteiger partial charge >= 0.3 is 5.97 Å². The van der Waals surface area contributed by atoms with Gasteiger partial charge in [-0.05, 0) is 12.1 Å². The van der Waals surface area contributed by atoms with Crippen molar-refractivity contribution in [2.24, 2.45) is 5.73 Å². The Kier molecular flexibility index (Phi) is 4.17. The lowest BCUT2D eigenvalue weighted by Crippen LogP contribution is -2.15. The maximum Gasteiger partial charge on any atom is 0.341 e. The van der Waals surface area contributed by atoms with Gasteiger partial charge in [0.25, 0.3) is 0 Å². The molecule has 0 saturated carbocycles. The predicted molar refractivity (Wildman–Crippen MR) is 57.7 cm³/mol. The number of Topliss-reactive ketones (excluding diaryl/α,β-unsaturated/α-hetero) is 1. The minimum Gasteiger partial charge on any atom is -0.493 e. The van der Waals surface area contributed by atoms with Crippen molar-refractivity contribution in [3.05, 3.63) is 29.1 Å². The van der Waals surface area contributed by atoms with Crippen LogP contribution in [0.25, 0.3) is 0 Å². The highest BCUT2D eigenvalue weighted by Gasteiger charge is 2.20. The molecule has 1 aromatic carbocycles. The average molecular weight is 241 g/mol. The van der Waals surface area contributed by atoms with E-state index in [9.17, 15) is 14.0 Å². The minimum absolute atomic E-state index is 0.00574. The number of nitrogens with two attached hydrogens (primary N) is 1. The summed E-state index contributed by atoms with van der Waals surface area (Å²) in [4.78, 5) is 22.7. The lowest BCUT2D eigenvalue weighted by atomic mass is 10.1. The number of carbonyl (C=O) groups excluding carboxylic acids is 2. The van der Waals surface area contributed by atoms with Crippen molar-refractivity contribution in [1.29, 1.82) is 0 Å². The molecule has 0 atom stereocenters. The van der Waals surface area contributed by atoms with Crippen LogP contribution in [0.15, 0.2) is 12.1 Å². The Balaban J connectivity index is 3.38. The monoisotopic (exact) mass is 241 g/mol. The van der Waals surface area contributed by atoms with Crippen molar-refractivity contribution in [2.75, 3.05) is 20.8 Å². The van der Waals surface area contributed by atoms with E-state index in [2.05, 4.69) is 4.74 Å². The fourth-order valence-corrected chi connectivity index (χ4v) is 1.34. The van der Waals surface area contributed by atoms with Crippen molar-refractivity contribution in [1.82, 2.24) is 0 Å². The molecule has 0 heterocycles. The molecule has 0 saturated heterocycles. The first-order valence-electron chi connectivity index (χ1n) is 4.74. The third-order valence-electron chi connectivity index (χ3n) is 2.16. The molecule has 1 aromatic rings. The van der Waals surface area contributed by atoms with Gasteiger partial charge in [0.05, 0.1) is 20.8 Å². The van der Waals surface area contributed by atoms with E-state index in [-0.39, 0.29) is 23.4 Å². The van der Waals surface area contributed by atoms with E-state index in [0.717, 1.165) is 13.2 Å². The van der Waals surface area contributed by atoms with Gasteiger partial charge in [-0.3, -0.25) is 4.79 Å². The van der Waals surface area contributed by atoms with E-state index < -0.39 is 17.6 Å². The number of halogens is 1. The van der Waals surface area contributed by atoms with Crippen molar-refractivity contribution in [3.8, 4) is 5.75 Å². The van der Waals surface area contributed by atoms with Gasteiger partial charge in [0.15, 0.2) is 17.3 Å². The van der Waals surface area contributed by atoms with Gasteiger partial charge in [-0.2, -0.15) is 0 Å². The third-order valence-corrected chi connectivity index (χ3v) is 2.16. The number of hydrogen-bond acceptors (Lipinski definition) is 5. The zero-order valence-electron chi connectivity index (χ0n) is 9.45. The van der Waals surface area contributed by atoms with Crippen molar-refractivity contribution in [2.45, 2.75) is 0 Å². The molecule has 0 unspecified atom stereocenters. The van der Waals surface area contributed by atoms with Crippen molar-refractivity contribution >= 4 is 11.8 Å². The van der Waals surface area contributed by atoms with Crippen molar-refractivity contribution < 1.29 is 23.5 Å². The van der Waals surface area contributed by atoms with E-state index >= 15 is 0 Å². The van der Waals surface area contributed by atoms with Crippen LogP contribution in [0.5, 0.6) is 5.75 Å². The normalized spacial score (nSPS) is 9.88. The van der Waals surface area contributed by atoms with Gasteiger partial charge in [0, 0.05) is 5.56 Å². The standard InChI is InChI=1S/C11H12FNO4/c1-16-10-7(11(15)17-2)3-6(4-8(10)12)9(14)5-13/h3-4H,5,13H2,1-2H3. The van der Waals surface area contributed by atoms with Crippen LogP contribution in [0.1, 0.15) is 20.7 Å². The Hall–Kier alpha value is -1.95. The molecule has 0 aliphatic rings. The Morgan fingerprint density at radius 2 is 2.00 bits per heavy atom. The lowest BCUT2D eigenvalue weighted by Gasteiger charge is -2.09. The van der Waals surface area contributed by atoms with E-state index in [1.165, 1.54) is 13.2 Å². The van der Waals surface area contributed by atoms with E-state index in [4.69, 9.17) is 10.5 Å². The highest BCUT2D eigenvalue weighted by molar-refractivity contribution is 6.01. The Bertz CT molecular complexity index is 459. The maximum absolute atomic E-state index is 13.6. The second kappa shape index (κ2) is 5.40. The van der Waals surface area contributed by atoms with Gasteiger partial charge in [0.1, 0.15) is 5.56 Å². The number of carbonyl (C=O) groups is 2. The molecule has 0 fully saturated rings. The Labute approximate surface area is 97.3 Å². The molecule has 1 rings (SSSR count). The number of esters is 1. The van der Waals surface area contributed by atoms with Crippen LogP contribution in [0.4, 0.5) is 4.39 Å². The molecule has 0 aliphatic heterocycles. The SMILES string of the molecule is COC(=O)c1cc(C(=O)CN)cc(F)c1OC. The maximum atomic E-state index is 13.6. The summed E-state index contributed by atoms with van der Waals surface area (Å²) in [6.07, 6.45) is 0. The zero-order chi connectivity index (χ0) is 13.0. The summed E-state index contributed by atoms with van der Waals surface area (Å²) in [5.41, 5.74) is 5.02. The second-order valence-electron chi connectivity index (χ2n) is 3.16. The molecule has 0 bridgehead atoms. The molecule has 17 heavy (non-hydrogen) atoms. The molecule has 0 amide bonds. The van der Waals surface area contributed by atoms with E-state index in [1.807, 2.05) is 0 Å². The smallest absolute Gasteiger partial charge is 0.341 e. The summed E-state index contributed by atoms with van der Waals surface area (Å²) in [5.74, 6) is -2.33. The number of benzene rings is 1. The highest BCUT2D eigenvalue weighted by Crippen LogP contribution is 2.25. The van der Waals surface area contributed by atoms with Crippen LogP contribution >= 0.6 is 0 Å². The van der Waals surface area contributed by atoms with Crippen LogP contribution in [0.3, 0.4) is 0 Å². The van der Waals surface area contributed by atoms with Gasteiger partial charge in [-0.1, -0.05) is 0 Å². The summed E-state index contributed by atoms with van der Waals surface area (Å²) >= 11 is 0. The number of ketones is 1. The minimum atomic E-state index is -0.813. The number of hydrogen-bond donors (Lipinski definition) is 1. The van der Waals surface area contributed by atoms with Crippen LogP contribution in [0.2, 0.25) is 0 Å². The topological polar surface area (TPSA) is 78.6 Å². The highest BCUT2D eigenvalue weighted by atomic mass is 19.1. The Morgan fingerprint density at radius 3 is 2.47 bits per heavy atom. The summed E-state index contributed by atoms with van der Waals surface area (Å²) < 4.78 is 22.8. The van der Waals surface area contributed by atoms with Crippen LogP contribution < -0.4 is 10.5 Å². The summed E-state index contributed by atoms with van der Waals surface area (Å²) in [6, 6.07) is 2.17. The predicted octanol–water partition coefficient (Wildman–Crippen LogP) is 0.762. The molecule has 0 aliphatic carbocycles. The first kappa shape index (κ1) is 13.1. The number of methoxy groups -OCH3 is 2. The van der Waals surface area contributed by atoms with Gasteiger partial charge in [-0.25, -0.2) is 9.18 Å². The molecule has 0 radical (unpaired) electrons. The summed E-state index contributed by atoms with van der Waals surface area (Å²) in [7, 11) is 2.37. The molecule has 92 valence electrons. The summed E-state index contributed by atoms with van der Waals surface area (Å²) in [6.45, 7) is -0.271. The quantitative estimate of drug-likeness (QED) is 0.622. The first-order valence-corrected chi connectivity index (χ1v) is 4.74. The van der Waals surface area contributed by atoms with Gasteiger partial charge < -0.3 is 15.2 Å². The number of ether oxygens (including phenoxy) is 2. The van der Waals surface area contributed by atoms with Gasteiger partial charge in [-0.15, -0.1) is 0 Å². The largest absolute Gasteiger partial charge is 0.493 e. The van der Waals surface area contributed by atoms with E-state index in [1.54, 1.807) is 0 Å². The molecular formula is C11H12FNO4. The average Bonchev–Trinajstić information content (AvgIpc) is 2.35. The zero-order valence-corrected chi connectivity index (χ0v) is 9.45. The third kappa shape index (κ3) is 2.59. The second-order valence-corrected chi connectivity index (χ2v) is 3.16. The number of rotatable bonds is 4. The molecule has 5 nitrogen and oxygen atoms in total. The summed E-state index contributed by atoms with van der Waals surface area (Å²) in [5, 5.41) is 0. The van der Waals surface area contributed by atoms with Crippen molar-refractivity contribution in [3.63, 3.8) is 0 Å². The van der Waals surface area contributed by atoms with E-state index in [0.29, 0.717) is 0 Å². The Morgan fingerprint density at radius 1 is 1.35 bits per heavy atom. The van der Waals surface area contributed by atoms with Gasteiger partial charge in [0.2, 0.25) is 0 Å². The van der Waals surface area contributed by atoms with Crippen LogP contribution in [-0.2, 0) is 4.74 Å². The molecule has 2 N–H and O–H groups in total. The fraction of sp³-hybridized carbons (Fsp3) is 0.273. The van der Waals surface area contributed by atoms with Crippen LogP contribution in [0, 0.1) is 5.82 Å². The van der Waals surface area contributed by atoms with Crippen LogP contribution in [-0.4, -0.2) is 32.5 Å². The lowest BCUT2D eigenvalue weighted by molar-refractivity contribution is 0.0596. The first-order chi connectivity index (χ1) is 8.04. The molecule has 0 spiro atoms. The molecule has 6 heteroatoms. The molecular weight excluding hydrogens is 229 g/mol. The fourth-order valence-electron chi connectivity index (χ4n) is 1.34.